The summed E-state index contributed by atoms with van der Waals surface area (Å²) < 4.78 is 14.6. The van der Waals surface area contributed by atoms with E-state index in [-0.39, 0.29) is 28.3 Å². The molecule has 3 rings (SSSR count). The molecule has 0 saturated heterocycles. The van der Waals surface area contributed by atoms with Crippen LogP contribution in [-0.2, 0) is 0 Å². The minimum atomic E-state index is -0.584. The number of nitriles is 1. The van der Waals surface area contributed by atoms with Crippen LogP contribution < -0.4 is 11.1 Å². The van der Waals surface area contributed by atoms with E-state index in [1.165, 1.54) is 30.7 Å². The van der Waals surface area contributed by atoms with Crippen LogP contribution >= 0.6 is 0 Å². The number of benzene rings is 1. The molecule has 7 nitrogen and oxygen atoms in total. The van der Waals surface area contributed by atoms with E-state index in [1.807, 2.05) is 13.0 Å². The molecule has 0 radical (unpaired) electrons. The number of hydrogen-bond donors (Lipinski definition) is 2. The SMILES string of the molecule is CCCNC(=O)c1ncc2c(-c3nccnc3C#N)c(F)ccc2c1N. The Labute approximate surface area is 148 Å². The van der Waals surface area contributed by atoms with Gasteiger partial charge >= 0.3 is 0 Å². The third-order valence-electron chi connectivity index (χ3n) is 3.85. The highest BCUT2D eigenvalue weighted by Gasteiger charge is 2.20. The Bertz CT molecular complexity index is 1040. The van der Waals surface area contributed by atoms with Gasteiger partial charge in [0.1, 0.15) is 17.6 Å². The number of fused-ring (bicyclic) bond motifs is 1. The molecular weight excluding hydrogens is 335 g/mol. The van der Waals surface area contributed by atoms with Crippen molar-refractivity contribution in [3.05, 3.63) is 47.9 Å². The number of nitrogens with zero attached hydrogens (tertiary/aromatic N) is 4. The van der Waals surface area contributed by atoms with Gasteiger partial charge in [0, 0.05) is 41.5 Å². The Balaban J connectivity index is 2.24. The first-order chi connectivity index (χ1) is 12.6. The van der Waals surface area contributed by atoms with Gasteiger partial charge in [0.25, 0.3) is 5.91 Å². The van der Waals surface area contributed by atoms with Gasteiger partial charge in [0.05, 0.1) is 5.69 Å². The number of carbonyl (C=O) groups excluding carboxylic acids is 1. The van der Waals surface area contributed by atoms with Crippen molar-refractivity contribution in [3.8, 4) is 17.3 Å². The van der Waals surface area contributed by atoms with E-state index in [9.17, 15) is 14.4 Å². The molecule has 0 saturated carbocycles. The molecule has 2 aromatic heterocycles. The zero-order valence-electron chi connectivity index (χ0n) is 14.0. The Hall–Kier alpha value is -3.60. The molecule has 3 N–H and O–H groups in total. The van der Waals surface area contributed by atoms with Crippen molar-refractivity contribution < 1.29 is 9.18 Å². The molecule has 0 spiro atoms. The van der Waals surface area contributed by atoms with E-state index in [1.54, 1.807) is 0 Å². The number of carbonyl (C=O) groups is 1. The Morgan fingerprint density at radius 1 is 1.27 bits per heavy atom. The quantitative estimate of drug-likeness (QED) is 0.746. The molecule has 0 aliphatic carbocycles. The summed E-state index contributed by atoms with van der Waals surface area (Å²) in [6, 6.07) is 4.59. The Kier molecular flexibility index (Phi) is 4.71. The molecule has 0 unspecified atom stereocenters. The van der Waals surface area contributed by atoms with Gasteiger partial charge in [0.15, 0.2) is 11.4 Å². The lowest BCUT2D eigenvalue weighted by Crippen LogP contribution is -2.26. The highest BCUT2D eigenvalue weighted by atomic mass is 19.1. The summed E-state index contributed by atoms with van der Waals surface area (Å²) in [6.45, 7) is 2.43. The van der Waals surface area contributed by atoms with Crippen LogP contribution in [0.15, 0.2) is 30.7 Å². The molecule has 0 aliphatic heterocycles. The van der Waals surface area contributed by atoms with Crippen LogP contribution in [0.4, 0.5) is 10.1 Å². The third-order valence-corrected chi connectivity index (χ3v) is 3.85. The standard InChI is InChI=1S/C18H15FN6O/c1-2-5-24-18(26)17-15(21)10-3-4-12(19)14(11(10)9-25-17)16-13(8-20)22-6-7-23-16/h3-4,6-7,9H,2,5,21H2,1H3,(H,24,26). The zero-order chi connectivity index (χ0) is 18.7. The van der Waals surface area contributed by atoms with Crippen LogP contribution in [0, 0.1) is 17.1 Å². The summed E-state index contributed by atoms with van der Waals surface area (Å²) in [4.78, 5) is 24.3. The highest BCUT2D eigenvalue weighted by Crippen LogP contribution is 2.34. The van der Waals surface area contributed by atoms with Crippen molar-refractivity contribution in [1.29, 1.82) is 5.26 Å². The van der Waals surface area contributed by atoms with Gasteiger partial charge in [-0.1, -0.05) is 6.92 Å². The Morgan fingerprint density at radius 3 is 2.77 bits per heavy atom. The average molecular weight is 350 g/mol. The third kappa shape index (κ3) is 2.91. The number of amides is 1. The van der Waals surface area contributed by atoms with Gasteiger partial charge in [-0.25, -0.2) is 14.4 Å². The lowest BCUT2D eigenvalue weighted by Gasteiger charge is -2.12. The van der Waals surface area contributed by atoms with Crippen LogP contribution in [-0.4, -0.2) is 27.4 Å². The molecule has 0 fully saturated rings. The number of nitrogens with two attached hydrogens (primary N) is 1. The molecule has 0 bridgehead atoms. The fourth-order valence-corrected chi connectivity index (χ4v) is 2.63. The van der Waals surface area contributed by atoms with E-state index in [2.05, 4.69) is 20.3 Å². The summed E-state index contributed by atoms with van der Waals surface area (Å²) in [6.07, 6.45) is 4.87. The summed E-state index contributed by atoms with van der Waals surface area (Å²) in [7, 11) is 0. The minimum absolute atomic E-state index is 0.0118. The maximum Gasteiger partial charge on any atom is 0.272 e. The molecular formula is C18H15FN6O. The lowest BCUT2D eigenvalue weighted by atomic mass is 10.00. The molecule has 2 heterocycles. The zero-order valence-corrected chi connectivity index (χ0v) is 14.0. The number of nitrogens with one attached hydrogen (secondary N) is 1. The monoisotopic (exact) mass is 350 g/mol. The van der Waals surface area contributed by atoms with Gasteiger partial charge in [-0.15, -0.1) is 0 Å². The topological polar surface area (TPSA) is 118 Å². The largest absolute Gasteiger partial charge is 0.396 e. The van der Waals surface area contributed by atoms with E-state index < -0.39 is 11.7 Å². The number of hydrogen-bond acceptors (Lipinski definition) is 6. The van der Waals surface area contributed by atoms with Crippen LogP contribution in [0.3, 0.4) is 0 Å². The first kappa shape index (κ1) is 17.2. The minimum Gasteiger partial charge on any atom is -0.396 e. The molecule has 8 heteroatoms. The first-order valence-corrected chi connectivity index (χ1v) is 7.94. The van der Waals surface area contributed by atoms with Gasteiger partial charge in [-0.2, -0.15) is 5.26 Å². The smallest absolute Gasteiger partial charge is 0.272 e. The summed E-state index contributed by atoms with van der Waals surface area (Å²) >= 11 is 0. The number of rotatable bonds is 4. The van der Waals surface area contributed by atoms with Gasteiger partial charge in [0.2, 0.25) is 0 Å². The van der Waals surface area contributed by atoms with Crippen LogP contribution in [0.1, 0.15) is 29.5 Å². The summed E-state index contributed by atoms with van der Waals surface area (Å²) in [5, 5.41) is 12.7. The molecule has 26 heavy (non-hydrogen) atoms. The van der Waals surface area contributed by atoms with Gasteiger partial charge < -0.3 is 11.1 Å². The fraction of sp³-hybridized carbons (Fsp3) is 0.167. The highest BCUT2D eigenvalue weighted by molar-refractivity contribution is 6.09. The molecule has 0 aliphatic rings. The predicted octanol–water partition coefficient (Wildman–Crippen LogP) is 2.42. The number of nitrogen functional groups attached to an aromatic ring is 1. The van der Waals surface area contributed by atoms with Crippen molar-refractivity contribution in [2.45, 2.75) is 13.3 Å². The van der Waals surface area contributed by atoms with E-state index in [0.29, 0.717) is 17.3 Å². The maximum absolute atomic E-state index is 14.6. The first-order valence-electron chi connectivity index (χ1n) is 7.94. The molecule has 1 aromatic carbocycles. The number of anilines is 1. The van der Waals surface area contributed by atoms with E-state index >= 15 is 0 Å². The number of halogens is 1. The number of pyridine rings is 1. The van der Waals surface area contributed by atoms with Crippen LogP contribution in [0.5, 0.6) is 0 Å². The predicted molar refractivity (Wildman–Crippen MR) is 94.5 cm³/mol. The van der Waals surface area contributed by atoms with E-state index in [4.69, 9.17) is 5.73 Å². The molecule has 0 atom stereocenters. The molecule has 3 aromatic rings. The normalized spacial score (nSPS) is 10.5. The second-order valence-corrected chi connectivity index (χ2v) is 5.53. The van der Waals surface area contributed by atoms with Crippen molar-refractivity contribution in [2.75, 3.05) is 12.3 Å². The lowest BCUT2D eigenvalue weighted by molar-refractivity contribution is 0.0950. The second kappa shape index (κ2) is 7.11. The average Bonchev–Trinajstić information content (AvgIpc) is 2.66. The second-order valence-electron chi connectivity index (χ2n) is 5.53. The molecule has 1 amide bonds. The van der Waals surface area contributed by atoms with Gasteiger partial charge in [-0.05, 0) is 18.6 Å². The fourth-order valence-electron chi connectivity index (χ4n) is 2.63. The maximum atomic E-state index is 14.6. The summed E-state index contributed by atoms with van der Waals surface area (Å²) in [5.74, 6) is -0.978. The van der Waals surface area contributed by atoms with E-state index in [0.717, 1.165) is 6.42 Å². The van der Waals surface area contributed by atoms with Crippen molar-refractivity contribution in [1.82, 2.24) is 20.3 Å². The summed E-state index contributed by atoms with van der Waals surface area (Å²) in [5.41, 5.74) is 6.49. The van der Waals surface area contributed by atoms with Crippen molar-refractivity contribution in [2.24, 2.45) is 0 Å². The van der Waals surface area contributed by atoms with Crippen LogP contribution in [0.25, 0.3) is 22.0 Å². The molecule has 130 valence electrons. The van der Waals surface area contributed by atoms with Crippen molar-refractivity contribution >= 4 is 22.4 Å². The van der Waals surface area contributed by atoms with Crippen molar-refractivity contribution in [3.63, 3.8) is 0 Å². The Morgan fingerprint density at radius 2 is 2.04 bits per heavy atom. The van der Waals surface area contributed by atoms with Crippen LogP contribution in [0.2, 0.25) is 0 Å². The van der Waals surface area contributed by atoms with Gasteiger partial charge in [-0.3, -0.25) is 9.78 Å². The number of aromatic nitrogens is 3.